The van der Waals surface area contributed by atoms with E-state index in [0.29, 0.717) is 0 Å². The third-order valence-corrected chi connectivity index (χ3v) is 6.23. The molecule has 0 aliphatic rings. The minimum Gasteiger partial charge on any atom is -0.480 e. The predicted octanol–water partition coefficient (Wildman–Crippen LogP) is 2.14. The number of aliphatic carboxylic acids is 1. The average Bonchev–Trinajstić information content (AvgIpc) is 2.30. The van der Waals surface area contributed by atoms with Crippen LogP contribution in [0.3, 0.4) is 0 Å². The van der Waals surface area contributed by atoms with Crippen LogP contribution in [0, 0.1) is 10.1 Å². The van der Waals surface area contributed by atoms with Crippen LogP contribution in [0.15, 0.2) is 22.7 Å². The SMILES string of the molecule is CC(C)(C(=O)O)S(=O)(=O)Cc1cccc([N+](=O)[O-])c1Br. The van der Waals surface area contributed by atoms with Gasteiger partial charge in [0.1, 0.15) is 0 Å². The summed E-state index contributed by atoms with van der Waals surface area (Å²) in [6.45, 7) is 2.16. The van der Waals surface area contributed by atoms with Crippen LogP contribution in [-0.2, 0) is 20.4 Å². The maximum absolute atomic E-state index is 12.1. The van der Waals surface area contributed by atoms with Crippen LogP contribution >= 0.6 is 15.9 Å². The van der Waals surface area contributed by atoms with Crippen molar-refractivity contribution in [2.45, 2.75) is 24.3 Å². The quantitative estimate of drug-likeness (QED) is 0.631. The molecule has 0 unspecified atom stereocenters. The van der Waals surface area contributed by atoms with E-state index in [4.69, 9.17) is 5.11 Å². The summed E-state index contributed by atoms with van der Waals surface area (Å²) in [7, 11) is -4.03. The van der Waals surface area contributed by atoms with Crippen LogP contribution in [0.2, 0.25) is 0 Å². The molecule has 0 aliphatic carbocycles. The maximum Gasteiger partial charge on any atom is 0.324 e. The molecule has 0 spiro atoms. The average molecular weight is 366 g/mol. The normalized spacial score (nSPS) is 12.2. The molecule has 1 aromatic rings. The Hall–Kier alpha value is -1.48. The number of halogens is 1. The summed E-state index contributed by atoms with van der Waals surface area (Å²) in [5, 5.41) is 19.7. The standard InChI is InChI=1S/C11H12BrNO6S/c1-11(2,10(14)15)20(18,19)6-7-4-3-5-8(9(7)12)13(16)17/h3-5H,6H2,1-2H3,(H,14,15). The van der Waals surface area contributed by atoms with Gasteiger partial charge in [-0.1, -0.05) is 12.1 Å². The van der Waals surface area contributed by atoms with Crippen molar-refractivity contribution < 1.29 is 23.2 Å². The van der Waals surface area contributed by atoms with E-state index in [1.807, 2.05) is 0 Å². The fourth-order valence-electron chi connectivity index (χ4n) is 1.34. The molecule has 0 amide bonds. The van der Waals surface area contributed by atoms with E-state index in [2.05, 4.69) is 15.9 Å². The number of hydrogen-bond donors (Lipinski definition) is 1. The second-order valence-corrected chi connectivity index (χ2v) is 7.91. The third kappa shape index (κ3) is 2.98. The van der Waals surface area contributed by atoms with Gasteiger partial charge in [-0.15, -0.1) is 0 Å². The summed E-state index contributed by atoms with van der Waals surface area (Å²) in [6.07, 6.45) is 0. The lowest BCUT2D eigenvalue weighted by Gasteiger charge is -2.20. The number of hydrogen-bond acceptors (Lipinski definition) is 5. The van der Waals surface area contributed by atoms with Gasteiger partial charge < -0.3 is 5.11 Å². The van der Waals surface area contributed by atoms with Crippen molar-refractivity contribution in [1.82, 2.24) is 0 Å². The summed E-state index contributed by atoms with van der Waals surface area (Å²) in [4.78, 5) is 21.1. The first-order valence-electron chi connectivity index (χ1n) is 5.38. The molecule has 20 heavy (non-hydrogen) atoms. The van der Waals surface area contributed by atoms with Crippen LogP contribution < -0.4 is 0 Å². The van der Waals surface area contributed by atoms with E-state index in [9.17, 15) is 23.3 Å². The molecule has 0 aromatic heterocycles. The van der Waals surface area contributed by atoms with Crippen molar-refractivity contribution in [2.75, 3.05) is 0 Å². The first-order chi connectivity index (χ1) is 9.00. The fraction of sp³-hybridized carbons (Fsp3) is 0.364. The van der Waals surface area contributed by atoms with E-state index in [-0.39, 0.29) is 15.7 Å². The van der Waals surface area contributed by atoms with Crippen molar-refractivity contribution in [3.8, 4) is 0 Å². The van der Waals surface area contributed by atoms with Gasteiger partial charge in [0.05, 0.1) is 15.1 Å². The van der Waals surface area contributed by atoms with Crippen molar-refractivity contribution in [2.24, 2.45) is 0 Å². The van der Waals surface area contributed by atoms with Gasteiger partial charge in [-0.3, -0.25) is 14.9 Å². The van der Waals surface area contributed by atoms with Crippen molar-refractivity contribution >= 4 is 37.4 Å². The highest BCUT2D eigenvalue weighted by molar-refractivity contribution is 9.10. The Morgan fingerprint density at radius 1 is 1.45 bits per heavy atom. The number of nitro groups is 1. The Kier molecular flexibility index (Phi) is 4.55. The minimum absolute atomic E-state index is 0.0368. The van der Waals surface area contributed by atoms with Gasteiger partial charge in [0, 0.05) is 6.07 Å². The van der Waals surface area contributed by atoms with Crippen LogP contribution in [0.4, 0.5) is 5.69 Å². The topological polar surface area (TPSA) is 115 Å². The molecule has 0 saturated carbocycles. The van der Waals surface area contributed by atoms with E-state index < -0.39 is 31.2 Å². The molecule has 0 bridgehead atoms. The Morgan fingerprint density at radius 3 is 2.45 bits per heavy atom. The number of nitro benzene ring substituents is 1. The third-order valence-electron chi connectivity index (χ3n) is 2.89. The molecule has 0 aliphatic heterocycles. The highest BCUT2D eigenvalue weighted by Gasteiger charge is 2.42. The number of carbonyl (C=O) groups is 1. The second kappa shape index (κ2) is 5.49. The largest absolute Gasteiger partial charge is 0.480 e. The Labute approximate surface area is 123 Å². The van der Waals surface area contributed by atoms with Gasteiger partial charge in [0.2, 0.25) is 0 Å². The van der Waals surface area contributed by atoms with Crippen LogP contribution in [0.1, 0.15) is 19.4 Å². The highest BCUT2D eigenvalue weighted by atomic mass is 79.9. The van der Waals surface area contributed by atoms with Gasteiger partial charge in [-0.25, -0.2) is 8.42 Å². The molecule has 9 heteroatoms. The van der Waals surface area contributed by atoms with Crippen molar-refractivity contribution in [1.29, 1.82) is 0 Å². The molecule has 7 nitrogen and oxygen atoms in total. The second-order valence-electron chi connectivity index (χ2n) is 4.58. The lowest BCUT2D eigenvalue weighted by molar-refractivity contribution is -0.385. The van der Waals surface area contributed by atoms with E-state index in [1.54, 1.807) is 0 Å². The molecule has 1 N–H and O–H groups in total. The smallest absolute Gasteiger partial charge is 0.324 e. The summed E-state index contributed by atoms with van der Waals surface area (Å²) >= 11 is 2.98. The van der Waals surface area contributed by atoms with Gasteiger partial charge >= 0.3 is 5.97 Å². The van der Waals surface area contributed by atoms with Crippen LogP contribution in [-0.4, -0.2) is 29.2 Å². The Balaban J connectivity index is 3.28. The van der Waals surface area contributed by atoms with Crippen LogP contribution in [0.5, 0.6) is 0 Å². The number of sulfone groups is 1. The van der Waals surface area contributed by atoms with Crippen molar-refractivity contribution in [3.05, 3.63) is 38.3 Å². The summed E-state index contributed by atoms with van der Waals surface area (Å²) in [5.74, 6) is -2.08. The molecule has 0 fully saturated rings. The van der Waals surface area contributed by atoms with Gasteiger partial charge in [0.15, 0.2) is 14.6 Å². The predicted molar refractivity (Wildman–Crippen MR) is 75.1 cm³/mol. The van der Waals surface area contributed by atoms with Crippen LogP contribution in [0.25, 0.3) is 0 Å². The number of nitrogens with zero attached hydrogens (tertiary/aromatic N) is 1. The molecular weight excluding hydrogens is 354 g/mol. The van der Waals surface area contributed by atoms with E-state index in [0.717, 1.165) is 13.8 Å². The van der Waals surface area contributed by atoms with E-state index >= 15 is 0 Å². The zero-order valence-corrected chi connectivity index (χ0v) is 13.1. The van der Waals surface area contributed by atoms with E-state index in [1.165, 1.54) is 18.2 Å². The molecule has 0 saturated heterocycles. The Bertz CT molecular complexity index is 667. The molecule has 0 atom stereocenters. The first kappa shape index (κ1) is 16.6. The summed E-state index contributed by atoms with van der Waals surface area (Å²) < 4.78 is 22.3. The molecule has 1 aromatic carbocycles. The number of carboxylic acid groups (broad SMARTS) is 1. The fourth-order valence-corrected chi connectivity index (χ4v) is 3.35. The van der Waals surface area contributed by atoms with Gasteiger partial charge in [-0.05, 0) is 35.3 Å². The summed E-state index contributed by atoms with van der Waals surface area (Å²) in [6, 6.07) is 3.97. The van der Waals surface area contributed by atoms with Crippen molar-refractivity contribution in [3.63, 3.8) is 0 Å². The molecule has 0 radical (unpaired) electrons. The molecule has 0 heterocycles. The summed E-state index contributed by atoms with van der Waals surface area (Å²) in [5.41, 5.74) is -0.126. The first-order valence-corrected chi connectivity index (χ1v) is 7.82. The maximum atomic E-state index is 12.1. The number of benzene rings is 1. The number of rotatable bonds is 5. The zero-order valence-electron chi connectivity index (χ0n) is 10.7. The van der Waals surface area contributed by atoms with Gasteiger partial charge in [0.25, 0.3) is 5.69 Å². The molecule has 110 valence electrons. The van der Waals surface area contributed by atoms with Gasteiger partial charge in [-0.2, -0.15) is 0 Å². The monoisotopic (exact) mass is 365 g/mol. The highest BCUT2D eigenvalue weighted by Crippen LogP contribution is 2.31. The Morgan fingerprint density at radius 2 is 2.00 bits per heavy atom. The molecule has 1 rings (SSSR count). The minimum atomic E-state index is -4.03. The molecular formula is C11H12BrNO6S. The zero-order chi connectivity index (χ0) is 15.7. The lowest BCUT2D eigenvalue weighted by atomic mass is 10.2. The lowest BCUT2D eigenvalue weighted by Crippen LogP contribution is -2.41. The number of carboxylic acids is 1.